The Morgan fingerprint density at radius 3 is 1.44 bits per heavy atom. The highest BCUT2D eigenvalue weighted by molar-refractivity contribution is 14.1. The van der Waals surface area contributed by atoms with E-state index in [-0.39, 0.29) is 11.5 Å². The van der Waals surface area contributed by atoms with Gasteiger partial charge in [-0.2, -0.15) is 0 Å². The molecule has 2 N–H and O–H groups in total. The predicted molar refractivity (Wildman–Crippen MR) is 80.6 cm³/mol. The van der Waals surface area contributed by atoms with Gasteiger partial charge in [0.2, 0.25) is 0 Å². The highest BCUT2D eigenvalue weighted by atomic mass is 127. The Balaban J connectivity index is 2.66. The maximum absolute atomic E-state index is 9.49. The highest BCUT2D eigenvalue weighted by Crippen LogP contribution is 2.33. The van der Waals surface area contributed by atoms with E-state index in [1.165, 1.54) is 0 Å². The van der Waals surface area contributed by atoms with Crippen LogP contribution in [0.5, 0.6) is 11.5 Å². The molecule has 0 saturated heterocycles. The second-order valence-corrected chi connectivity index (χ2v) is 5.65. The van der Waals surface area contributed by atoms with Gasteiger partial charge in [-0.3, -0.25) is 0 Å². The topological polar surface area (TPSA) is 40.5 Å². The van der Waals surface area contributed by atoms with Crippen LogP contribution in [0.15, 0.2) is 36.4 Å². The van der Waals surface area contributed by atoms with Crippen LogP contribution in [0.2, 0.25) is 0 Å². The lowest BCUT2D eigenvalue weighted by Gasteiger charge is -2.08. The molecule has 0 fully saturated rings. The summed E-state index contributed by atoms with van der Waals surface area (Å²) in [6.07, 6.45) is 0. The molecule has 0 aromatic heterocycles. The highest BCUT2D eigenvalue weighted by Gasteiger charge is 2.08. The van der Waals surface area contributed by atoms with Crippen molar-refractivity contribution < 1.29 is 10.2 Å². The molecule has 0 aliphatic rings. The van der Waals surface area contributed by atoms with Gasteiger partial charge in [-0.1, -0.05) is 0 Å². The summed E-state index contributed by atoms with van der Waals surface area (Å²) in [6, 6.07) is 10.4. The molecular formula is C12H8I2O2. The second kappa shape index (κ2) is 4.79. The van der Waals surface area contributed by atoms with Crippen LogP contribution in [0.1, 0.15) is 0 Å². The lowest BCUT2D eigenvalue weighted by Crippen LogP contribution is -1.86. The number of aromatic hydroxyl groups is 2. The van der Waals surface area contributed by atoms with Crippen molar-refractivity contribution in [1.29, 1.82) is 0 Å². The zero-order chi connectivity index (χ0) is 11.7. The van der Waals surface area contributed by atoms with E-state index in [0.29, 0.717) is 0 Å². The number of phenolic OH excluding ortho intramolecular Hbond substituents is 2. The average molecular weight is 438 g/mol. The lowest BCUT2D eigenvalue weighted by molar-refractivity contribution is 0.474. The molecule has 4 heteroatoms. The van der Waals surface area contributed by atoms with Gasteiger partial charge < -0.3 is 10.2 Å². The summed E-state index contributed by atoms with van der Waals surface area (Å²) < 4.78 is 2.08. The van der Waals surface area contributed by atoms with E-state index in [9.17, 15) is 10.2 Å². The van der Waals surface area contributed by atoms with Crippen molar-refractivity contribution in [2.75, 3.05) is 0 Å². The number of hydrogen-bond acceptors (Lipinski definition) is 2. The first-order chi connectivity index (χ1) is 7.58. The number of phenols is 2. The molecule has 0 saturated carbocycles. The van der Waals surface area contributed by atoms with Gasteiger partial charge in [0.1, 0.15) is 11.5 Å². The van der Waals surface area contributed by atoms with Crippen molar-refractivity contribution in [3.63, 3.8) is 0 Å². The molecule has 82 valence electrons. The third-order valence-electron chi connectivity index (χ3n) is 2.19. The average Bonchev–Trinajstić information content (AvgIpc) is 2.25. The summed E-state index contributed by atoms with van der Waals surface area (Å²) in [5, 5.41) is 19.0. The first kappa shape index (κ1) is 12.0. The smallest absolute Gasteiger partial charge is 0.116 e. The lowest BCUT2D eigenvalue weighted by atomic mass is 10.1. The largest absolute Gasteiger partial charge is 0.508 e. The Morgan fingerprint density at radius 1 is 0.688 bits per heavy atom. The number of rotatable bonds is 1. The Morgan fingerprint density at radius 2 is 1.06 bits per heavy atom. The molecule has 0 amide bonds. The summed E-state index contributed by atoms with van der Waals surface area (Å²) in [7, 11) is 0. The molecule has 0 unspecified atom stereocenters. The van der Waals surface area contributed by atoms with E-state index < -0.39 is 0 Å². The molecule has 0 heterocycles. The molecule has 2 aromatic rings. The van der Waals surface area contributed by atoms with Crippen molar-refractivity contribution in [2.24, 2.45) is 0 Å². The molecule has 2 nitrogen and oxygen atoms in total. The molecular weight excluding hydrogens is 430 g/mol. The van der Waals surface area contributed by atoms with Crippen molar-refractivity contribution in [1.82, 2.24) is 0 Å². The van der Waals surface area contributed by atoms with Gasteiger partial charge >= 0.3 is 0 Å². The summed E-state index contributed by atoms with van der Waals surface area (Å²) in [4.78, 5) is 0. The van der Waals surface area contributed by atoms with Crippen LogP contribution in [0, 0.1) is 7.14 Å². The molecule has 0 bridgehead atoms. The Hall–Kier alpha value is -0.500. The Labute approximate surface area is 121 Å². The maximum atomic E-state index is 9.49. The normalized spacial score (nSPS) is 10.4. The monoisotopic (exact) mass is 438 g/mol. The van der Waals surface area contributed by atoms with Gasteiger partial charge in [-0.05, 0) is 92.7 Å². The SMILES string of the molecule is Oc1ccc(I)c(-c2cc(O)ccc2I)c1. The zero-order valence-corrected chi connectivity index (χ0v) is 12.4. The molecule has 2 aromatic carbocycles. The predicted octanol–water partition coefficient (Wildman–Crippen LogP) is 3.97. The van der Waals surface area contributed by atoms with E-state index >= 15 is 0 Å². The van der Waals surface area contributed by atoms with Crippen molar-refractivity contribution >= 4 is 45.2 Å². The van der Waals surface area contributed by atoms with Gasteiger partial charge in [-0.15, -0.1) is 0 Å². The van der Waals surface area contributed by atoms with E-state index in [0.717, 1.165) is 18.3 Å². The van der Waals surface area contributed by atoms with Gasteiger partial charge in [-0.25, -0.2) is 0 Å². The minimum Gasteiger partial charge on any atom is -0.508 e. The van der Waals surface area contributed by atoms with Crippen LogP contribution in [0.25, 0.3) is 11.1 Å². The van der Waals surface area contributed by atoms with Crippen LogP contribution < -0.4 is 0 Å². The van der Waals surface area contributed by atoms with Crippen molar-refractivity contribution in [2.45, 2.75) is 0 Å². The molecule has 0 spiro atoms. The third kappa shape index (κ3) is 2.42. The van der Waals surface area contributed by atoms with Crippen LogP contribution >= 0.6 is 45.2 Å². The van der Waals surface area contributed by atoms with E-state index in [1.807, 2.05) is 12.1 Å². The fourth-order valence-corrected chi connectivity index (χ4v) is 2.69. The number of benzene rings is 2. The third-order valence-corrected chi connectivity index (χ3v) is 4.07. The van der Waals surface area contributed by atoms with E-state index in [2.05, 4.69) is 45.2 Å². The summed E-state index contributed by atoms with van der Waals surface area (Å²) in [6.45, 7) is 0. The van der Waals surface area contributed by atoms with E-state index in [4.69, 9.17) is 0 Å². The van der Waals surface area contributed by atoms with Gasteiger partial charge in [0.25, 0.3) is 0 Å². The van der Waals surface area contributed by atoms with Crippen molar-refractivity contribution in [3.05, 3.63) is 43.5 Å². The fourth-order valence-electron chi connectivity index (χ4n) is 1.44. The van der Waals surface area contributed by atoms with Crippen molar-refractivity contribution in [3.8, 4) is 22.6 Å². The van der Waals surface area contributed by atoms with Gasteiger partial charge in [0.15, 0.2) is 0 Å². The minimum atomic E-state index is 0.231. The molecule has 16 heavy (non-hydrogen) atoms. The van der Waals surface area contributed by atoms with Crippen LogP contribution in [0.4, 0.5) is 0 Å². The van der Waals surface area contributed by atoms with Crippen LogP contribution in [0.3, 0.4) is 0 Å². The second-order valence-electron chi connectivity index (χ2n) is 3.33. The van der Waals surface area contributed by atoms with Crippen LogP contribution in [-0.4, -0.2) is 10.2 Å². The molecule has 0 aliphatic heterocycles. The molecule has 2 rings (SSSR count). The summed E-state index contributed by atoms with van der Waals surface area (Å²) in [5.41, 5.74) is 1.86. The minimum absolute atomic E-state index is 0.231. The number of halogens is 2. The summed E-state index contributed by atoms with van der Waals surface area (Å²) >= 11 is 4.43. The quantitative estimate of drug-likeness (QED) is 0.662. The number of hydrogen-bond donors (Lipinski definition) is 2. The summed E-state index contributed by atoms with van der Waals surface area (Å²) in [5.74, 6) is 0.462. The standard InChI is InChI=1S/C12H8I2O2/c13-11-3-1-7(15)5-9(11)10-6-8(16)2-4-12(10)14/h1-6,15-16H. The molecule has 0 atom stereocenters. The van der Waals surface area contributed by atoms with E-state index in [1.54, 1.807) is 24.3 Å². The first-order valence-corrected chi connectivity index (χ1v) is 6.71. The molecule has 0 radical (unpaired) electrons. The van der Waals surface area contributed by atoms with Crippen LogP contribution in [-0.2, 0) is 0 Å². The van der Waals surface area contributed by atoms with Gasteiger partial charge in [0, 0.05) is 7.14 Å². The first-order valence-electron chi connectivity index (χ1n) is 4.55. The van der Waals surface area contributed by atoms with Gasteiger partial charge in [0.05, 0.1) is 0 Å². The Kier molecular flexibility index (Phi) is 3.58. The maximum Gasteiger partial charge on any atom is 0.116 e. The molecule has 0 aliphatic carbocycles. The fraction of sp³-hybridized carbons (Fsp3) is 0. The Bertz CT molecular complexity index is 489. The zero-order valence-electron chi connectivity index (χ0n) is 8.11.